The lowest BCUT2D eigenvalue weighted by atomic mass is 10.1. The van der Waals surface area contributed by atoms with Gasteiger partial charge in [0.2, 0.25) is 0 Å². The highest BCUT2D eigenvalue weighted by Crippen LogP contribution is 2.20. The Morgan fingerprint density at radius 2 is 2.45 bits per heavy atom. The molecule has 1 atom stereocenters. The Morgan fingerprint density at radius 1 is 1.45 bits per heavy atom. The summed E-state index contributed by atoms with van der Waals surface area (Å²) >= 11 is 0. The van der Waals surface area contributed by atoms with Gasteiger partial charge in [-0.3, -0.25) is 0 Å². The molecule has 1 aliphatic rings. The van der Waals surface area contributed by atoms with Crippen molar-refractivity contribution >= 4 is 0 Å². The van der Waals surface area contributed by atoms with E-state index in [1.807, 2.05) is 24.3 Å². The molecule has 1 aromatic rings. The predicted molar refractivity (Wildman–Crippen MR) is 39.9 cm³/mol. The highest BCUT2D eigenvalue weighted by atomic mass is 16.7. The van der Waals surface area contributed by atoms with Crippen LogP contribution in [0.15, 0.2) is 24.3 Å². The van der Waals surface area contributed by atoms with Gasteiger partial charge < -0.3 is 9.47 Å². The fourth-order valence-electron chi connectivity index (χ4n) is 1.12. The van der Waals surface area contributed by atoms with Crippen LogP contribution < -0.4 is 0 Å². The number of ether oxygens (including phenoxy) is 2. The Kier molecular flexibility index (Phi) is 1.88. The predicted octanol–water partition coefficient (Wildman–Crippen LogP) is 1.53. The summed E-state index contributed by atoms with van der Waals surface area (Å²) in [5.74, 6) is 0. The molecule has 11 heavy (non-hydrogen) atoms. The Bertz CT molecular complexity index is 214. The van der Waals surface area contributed by atoms with Crippen LogP contribution in [0.25, 0.3) is 0 Å². The van der Waals surface area contributed by atoms with E-state index in [4.69, 9.17) is 9.47 Å². The van der Waals surface area contributed by atoms with Gasteiger partial charge in [0.05, 0.1) is 6.61 Å². The molecule has 2 heteroatoms. The summed E-state index contributed by atoms with van der Waals surface area (Å²) in [4.78, 5) is 0. The zero-order valence-electron chi connectivity index (χ0n) is 6.12. The minimum absolute atomic E-state index is 0.0937. The second-order valence-corrected chi connectivity index (χ2v) is 2.46. The second-order valence-electron chi connectivity index (χ2n) is 2.46. The van der Waals surface area contributed by atoms with Gasteiger partial charge in [-0.2, -0.15) is 0 Å². The van der Waals surface area contributed by atoms with Gasteiger partial charge >= 0.3 is 0 Å². The lowest BCUT2D eigenvalue weighted by Gasteiger charge is -2.05. The van der Waals surface area contributed by atoms with E-state index >= 15 is 0 Å². The summed E-state index contributed by atoms with van der Waals surface area (Å²) in [7, 11) is 0. The fraction of sp³-hybridized carbons (Fsp3) is 0.333. The standard InChI is InChI=1S/C9H9O2/c1-2-4-8(5-3-1)9-6-10-7-11-9/h1-4,9H,6-7H2. The van der Waals surface area contributed by atoms with Gasteiger partial charge in [0.1, 0.15) is 12.9 Å². The molecule has 0 aromatic heterocycles. The number of benzene rings is 1. The van der Waals surface area contributed by atoms with Crippen LogP contribution in [-0.2, 0) is 9.47 Å². The molecule has 0 bridgehead atoms. The van der Waals surface area contributed by atoms with Gasteiger partial charge in [-0.1, -0.05) is 24.3 Å². The largest absolute Gasteiger partial charge is 0.352 e. The van der Waals surface area contributed by atoms with E-state index in [1.54, 1.807) is 0 Å². The maximum Gasteiger partial charge on any atom is 0.147 e. The van der Waals surface area contributed by atoms with E-state index in [0.717, 1.165) is 5.56 Å². The second kappa shape index (κ2) is 3.03. The highest BCUT2D eigenvalue weighted by molar-refractivity contribution is 5.16. The van der Waals surface area contributed by atoms with Crippen LogP contribution in [0, 0.1) is 6.07 Å². The maximum atomic E-state index is 5.29. The van der Waals surface area contributed by atoms with E-state index in [2.05, 4.69) is 6.07 Å². The first-order chi connectivity index (χ1) is 5.47. The first kappa shape index (κ1) is 6.83. The third-order valence-electron chi connectivity index (χ3n) is 1.70. The molecule has 1 aliphatic heterocycles. The molecular weight excluding hydrogens is 140 g/mol. The van der Waals surface area contributed by atoms with Gasteiger partial charge in [0.25, 0.3) is 0 Å². The van der Waals surface area contributed by atoms with Crippen molar-refractivity contribution in [3.8, 4) is 0 Å². The van der Waals surface area contributed by atoms with Crippen LogP contribution in [0.1, 0.15) is 11.7 Å². The quantitative estimate of drug-likeness (QED) is 0.603. The van der Waals surface area contributed by atoms with E-state index < -0.39 is 0 Å². The monoisotopic (exact) mass is 149 g/mol. The molecule has 1 saturated heterocycles. The SMILES string of the molecule is [c]1ccccc1C1COCO1. The summed E-state index contributed by atoms with van der Waals surface area (Å²) in [6.45, 7) is 1.06. The molecular formula is C9H9O2. The molecule has 1 fully saturated rings. The van der Waals surface area contributed by atoms with Crippen LogP contribution in [0.5, 0.6) is 0 Å². The molecule has 0 spiro atoms. The minimum atomic E-state index is 0.0937. The summed E-state index contributed by atoms with van der Waals surface area (Å²) < 4.78 is 10.4. The van der Waals surface area contributed by atoms with Crippen molar-refractivity contribution in [2.24, 2.45) is 0 Å². The topological polar surface area (TPSA) is 18.5 Å². The molecule has 1 unspecified atom stereocenters. The van der Waals surface area contributed by atoms with E-state index in [0.29, 0.717) is 13.4 Å². The molecule has 1 aromatic carbocycles. The molecule has 0 N–H and O–H groups in total. The lowest BCUT2D eigenvalue weighted by molar-refractivity contribution is 0.0465. The van der Waals surface area contributed by atoms with Crippen molar-refractivity contribution in [1.82, 2.24) is 0 Å². The van der Waals surface area contributed by atoms with Crippen molar-refractivity contribution in [3.63, 3.8) is 0 Å². The average molecular weight is 149 g/mol. The van der Waals surface area contributed by atoms with E-state index in [9.17, 15) is 0 Å². The van der Waals surface area contributed by atoms with Gasteiger partial charge in [-0.25, -0.2) is 0 Å². The average Bonchev–Trinajstić information content (AvgIpc) is 2.58. The lowest BCUT2D eigenvalue weighted by Crippen LogP contribution is -1.98. The summed E-state index contributed by atoms with van der Waals surface area (Å²) in [5, 5.41) is 0. The van der Waals surface area contributed by atoms with E-state index in [-0.39, 0.29) is 6.10 Å². The zero-order chi connectivity index (χ0) is 7.52. The number of hydrogen-bond donors (Lipinski definition) is 0. The normalized spacial score (nSPS) is 23.8. The molecule has 1 radical (unpaired) electrons. The van der Waals surface area contributed by atoms with Crippen molar-refractivity contribution in [1.29, 1.82) is 0 Å². The third kappa shape index (κ3) is 1.42. The van der Waals surface area contributed by atoms with Crippen LogP contribution in [0.2, 0.25) is 0 Å². The smallest absolute Gasteiger partial charge is 0.147 e. The van der Waals surface area contributed by atoms with Crippen LogP contribution in [0.4, 0.5) is 0 Å². The Hall–Kier alpha value is -0.860. The highest BCUT2D eigenvalue weighted by Gasteiger charge is 2.17. The van der Waals surface area contributed by atoms with Crippen LogP contribution in [-0.4, -0.2) is 13.4 Å². The Balaban J connectivity index is 2.16. The molecule has 0 saturated carbocycles. The maximum absolute atomic E-state index is 5.29. The first-order valence-electron chi connectivity index (χ1n) is 3.63. The number of rotatable bonds is 1. The summed E-state index contributed by atoms with van der Waals surface area (Å²) in [5.41, 5.74) is 1.07. The summed E-state index contributed by atoms with van der Waals surface area (Å²) in [6, 6.07) is 10.9. The van der Waals surface area contributed by atoms with Crippen molar-refractivity contribution in [3.05, 3.63) is 35.9 Å². The van der Waals surface area contributed by atoms with Gasteiger partial charge in [-0.05, 0) is 11.6 Å². The van der Waals surface area contributed by atoms with Gasteiger partial charge in [0.15, 0.2) is 0 Å². The van der Waals surface area contributed by atoms with Crippen molar-refractivity contribution in [2.45, 2.75) is 6.10 Å². The van der Waals surface area contributed by atoms with Crippen LogP contribution >= 0.6 is 0 Å². The van der Waals surface area contributed by atoms with Crippen molar-refractivity contribution < 1.29 is 9.47 Å². The molecule has 57 valence electrons. The number of hydrogen-bond acceptors (Lipinski definition) is 2. The molecule has 2 nitrogen and oxygen atoms in total. The Labute approximate surface area is 65.7 Å². The van der Waals surface area contributed by atoms with Crippen molar-refractivity contribution in [2.75, 3.05) is 13.4 Å². The third-order valence-corrected chi connectivity index (χ3v) is 1.70. The fourth-order valence-corrected chi connectivity index (χ4v) is 1.12. The first-order valence-corrected chi connectivity index (χ1v) is 3.63. The molecule has 0 amide bonds. The molecule has 0 aliphatic carbocycles. The molecule has 1 heterocycles. The van der Waals surface area contributed by atoms with Gasteiger partial charge in [0, 0.05) is 0 Å². The molecule has 2 rings (SSSR count). The van der Waals surface area contributed by atoms with Gasteiger partial charge in [-0.15, -0.1) is 0 Å². The zero-order valence-corrected chi connectivity index (χ0v) is 6.12. The van der Waals surface area contributed by atoms with Crippen LogP contribution in [0.3, 0.4) is 0 Å². The van der Waals surface area contributed by atoms with E-state index in [1.165, 1.54) is 0 Å². The Morgan fingerprint density at radius 3 is 3.09 bits per heavy atom. The summed E-state index contributed by atoms with van der Waals surface area (Å²) in [6.07, 6.45) is 0.0937. The minimum Gasteiger partial charge on any atom is -0.352 e.